The summed E-state index contributed by atoms with van der Waals surface area (Å²) < 4.78 is 32.5. The van der Waals surface area contributed by atoms with Crippen molar-refractivity contribution in [2.45, 2.75) is 20.0 Å². The Labute approximate surface area is 179 Å². The molecule has 2 amide bonds. The van der Waals surface area contributed by atoms with E-state index in [2.05, 4.69) is 6.07 Å². The average molecular weight is 427 g/mol. The molecule has 1 atom stereocenters. The first-order valence-electron chi connectivity index (χ1n) is 10.0. The zero-order chi connectivity index (χ0) is 22.5. The summed E-state index contributed by atoms with van der Waals surface area (Å²) in [6, 6.07) is 11.8. The summed E-state index contributed by atoms with van der Waals surface area (Å²) in [5, 5.41) is 9.26. The van der Waals surface area contributed by atoms with Crippen LogP contribution in [0.4, 0.5) is 8.78 Å². The van der Waals surface area contributed by atoms with Gasteiger partial charge in [-0.25, -0.2) is 8.78 Å². The van der Waals surface area contributed by atoms with Gasteiger partial charge in [0, 0.05) is 31.7 Å². The third kappa shape index (κ3) is 5.00. The predicted octanol–water partition coefficient (Wildman–Crippen LogP) is 3.22. The highest BCUT2D eigenvalue weighted by molar-refractivity contribution is 5.94. The number of piperazine rings is 1. The minimum absolute atomic E-state index is 0.0650. The normalized spacial score (nSPS) is 14.8. The molecule has 0 aromatic heterocycles. The molecule has 8 heteroatoms. The van der Waals surface area contributed by atoms with Crippen molar-refractivity contribution in [3.05, 3.63) is 65.2 Å². The zero-order valence-electron chi connectivity index (χ0n) is 17.3. The van der Waals surface area contributed by atoms with Crippen molar-refractivity contribution in [3.63, 3.8) is 0 Å². The number of nitrogens with zero attached hydrogens (tertiary/aromatic N) is 3. The summed E-state index contributed by atoms with van der Waals surface area (Å²) in [4.78, 5) is 28.8. The molecule has 1 aliphatic heterocycles. The largest absolute Gasteiger partial charge is 0.479 e. The van der Waals surface area contributed by atoms with Gasteiger partial charge in [0.05, 0.1) is 5.56 Å². The minimum atomic E-state index is -1.07. The van der Waals surface area contributed by atoms with Gasteiger partial charge in [-0.05, 0) is 36.2 Å². The van der Waals surface area contributed by atoms with Gasteiger partial charge in [0.25, 0.3) is 11.8 Å². The van der Waals surface area contributed by atoms with E-state index in [1.54, 1.807) is 29.2 Å². The fourth-order valence-corrected chi connectivity index (χ4v) is 3.39. The van der Waals surface area contributed by atoms with E-state index < -0.39 is 23.6 Å². The first kappa shape index (κ1) is 22.2. The van der Waals surface area contributed by atoms with Crippen LogP contribution in [0.15, 0.2) is 42.5 Å². The Balaban J connectivity index is 1.65. The fourth-order valence-electron chi connectivity index (χ4n) is 3.39. The molecule has 1 saturated heterocycles. The number of amides is 2. The van der Waals surface area contributed by atoms with E-state index in [0.29, 0.717) is 24.4 Å². The van der Waals surface area contributed by atoms with Gasteiger partial charge in [-0.3, -0.25) is 9.59 Å². The van der Waals surface area contributed by atoms with Gasteiger partial charge in [-0.2, -0.15) is 5.26 Å². The van der Waals surface area contributed by atoms with Crippen molar-refractivity contribution >= 4 is 11.8 Å². The Morgan fingerprint density at radius 2 is 1.65 bits per heavy atom. The summed E-state index contributed by atoms with van der Waals surface area (Å²) in [5.41, 5.74) is 0.415. The molecule has 1 heterocycles. The maximum atomic E-state index is 13.4. The Bertz CT molecular complexity index is 1010. The Hall–Kier alpha value is -3.47. The molecule has 1 fully saturated rings. The number of carbonyl (C=O) groups excluding carboxylic acids is 2. The molecular weight excluding hydrogens is 404 g/mol. The van der Waals surface area contributed by atoms with Gasteiger partial charge < -0.3 is 14.5 Å². The molecule has 0 aliphatic carbocycles. The predicted molar refractivity (Wildman–Crippen MR) is 109 cm³/mol. The third-order valence-corrected chi connectivity index (χ3v) is 5.16. The lowest BCUT2D eigenvalue weighted by Gasteiger charge is -2.37. The Kier molecular flexibility index (Phi) is 6.85. The second-order valence-corrected chi connectivity index (χ2v) is 7.64. The lowest BCUT2D eigenvalue weighted by Crippen LogP contribution is -2.54. The third-order valence-electron chi connectivity index (χ3n) is 5.16. The van der Waals surface area contributed by atoms with Crippen molar-refractivity contribution in [1.82, 2.24) is 9.80 Å². The van der Waals surface area contributed by atoms with Gasteiger partial charge in [0.1, 0.15) is 11.8 Å². The standard InChI is InChI=1S/C23H23F2N3O3/c1-15(2)21(31-20-6-4-3-5-17(20)14-26)23(30)28-11-9-27(10-12-28)22(29)16-7-8-18(24)19(25)13-16/h3-8,13,15,21H,9-12H2,1-2H3. The number of rotatable bonds is 5. The van der Waals surface area contributed by atoms with E-state index in [1.807, 2.05) is 13.8 Å². The van der Waals surface area contributed by atoms with Crippen LogP contribution in [0.3, 0.4) is 0 Å². The maximum absolute atomic E-state index is 13.4. The lowest BCUT2D eigenvalue weighted by molar-refractivity contribution is -0.142. The quantitative estimate of drug-likeness (QED) is 0.735. The molecule has 0 N–H and O–H groups in total. The smallest absolute Gasteiger partial charge is 0.264 e. The Morgan fingerprint density at radius 3 is 2.26 bits per heavy atom. The van der Waals surface area contributed by atoms with Crippen LogP contribution in [0.2, 0.25) is 0 Å². The SMILES string of the molecule is CC(C)C(Oc1ccccc1C#N)C(=O)N1CCN(C(=O)c2ccc(F)c(F)c2)CC1. The van der Waals surface area contributed by atoms with Gasteiger partial charge in [0.2, 0.25) is 0 Å². The van der Waals surface area contributed by atoms with E-state index in [9.17, 15) is 23.6 Å². The van der Waals surface area contributed by atoms with Gasteiger partial charge in [-0.15, -0.1) is 0 Å². The maximum Gasteiger partial charge on any atom is 0.264 e. The molecule has 2 aromatic rings. The molecule has 31 heavy (non-hydrogen) atoms. The topological polar surface area (TPSA) is 73.6 Å². The van der Waals surface area contributed by atoms with Crippen LogP contribution in [0.1, 0.15) is 29.8 Å². The minimum Gasteiger partial charge on any atom is -0.479 e. The number of hydrogen-bond acceptors (Lipinski definition) is 4. The van der Waals surface area contributed by atoms with Crippen molar-refractivity contribution in [3.8, 4) is 11.8 Å². The van der Waals surface area contributed by atoms with Crippen molar-refractivity contribution in [2.75, 3.05) is 26.2 Å². The summed E-state index contributed by atoms with van der Waals surface area (Å²) in [6.07, 6.45) is -0.775. The molecule has 0 bridgehead atoms. The highest BCUT2D eigenvalue weighted by Crippen LogP contribution is 2.22. The molecule has 0 radical (unpaired) electrons. The number of benzene rings is 2. The van der Waals surface area contributed by atoms with Crippen LogP contribution in [-0.4, -0.2) is 53.9 Å². The number of nitriles is 1. The van der Waals surface area contributed by atoms with E-state index in [4.69, 9.17) is 4.74 Å². The number of ether oxygens (including phenoxy) is 1. The molecule has 0 saturated carbocycles. The molecule has 2 aromatic carbocycles. The monoisotopic (exact) mass is 427 g/mol. The highest BCUT2D eigenvalue weighted by atomic mass is 19.2. The van der Waals surface area contributed by atoms with E-state index >= 15 is 0 Å². The van der Waals surface area contributed by atoms with Gasteiger partial charge in [0.15, 0.2) is 17.7 Å². The second kappa shape index (κ2) is 9.56. The molecule has 162 valence electrons. The summed E-state index contributed by atoms with van der Waals surface area (Å²) in [7, 11) is 0. The Morgan fingerprint density at radius 1 is 1.00 bits per heavy atom. The van der Waals surface area contributed by atoms with Crippen LogP contribution in [-0.2, 0) is 4.79 Å². The van der Waals surface area contributed by atoms with Gasteiger partial charge >= 0.3 is 0 Å². The fraction of sp³-hybridized carbons (Fsp3) is 0.348. The van der Waals surface area contributed by atoms with Crippen LogP contribution in [0.25, 0.3) is 0 Å². The van der Waals surface area contributed by atoms with Crippen molar-refractivity contribution in [2.24, 2.45) is 5.92 Å². The summed E-state index contributed by atoms with van der Waals surface area (Å²) in [5.74, 6) is -2.50. The first-order valence-corrected chi connectivity index (χ1v) is 10.0. The van der Waals surface area contributed by atoms with E-state index in [-0.39, 0.29) is 30.5 Å². The summed E-state index contributed by atoms with van der Waals surface area (Å²) >= 11 is 0. The van der Waals surface area contributed by atoms with Crippen LogP contribution < -0.4 is 4.74 Å². The number of carbonyl (C=O) groups is 2. The van der Waals surface area contributed by atoms with Crippen LogP contribution in [0, 0.1) is 28.9 Å². The number of halogens is 2. The van der Waals surface area contributed by atoms with Crippen molar-refractivity contribution < 1.29 is 23.1 Å². The lowest BCUT2D eigenvalue weighted by atomic mass is 10.0. The zero-order valence-corrected chi connectivity index (χ0v) is 17.3. The highest BCUT2D eigenvalue weighted by Gasteiger charge is 2.32. The average Bonchev–Trinajstić information content (AvgIpc) is 2.78. The van der Waals surface area contributed by atoms with Crippen LogP contribution >= 0.6 is 0 Å². The van der Waals surface area contributed by atoms with E-state index in [0.717, 1.165) is 12.1 Å². The number of para-hydroxylation sites is 1. The second-order valence-electron chi connectivity index (χ2n) is 7.64. The van der Waals surface area contributed by atoms with Crippen LogP contribution in [0.5, 0.6) is 5.75 Å². The van der Waals surface area contributed by atoms with Crippen molar-refractivity contribution in [1.29, 1.82) is 5.26 Å². The molecule has 6 nitrogen and oxygen atoms in total. The molecule has 1 aliphatic rings. The van der Waals surface area contributed by atoms with E-state index in [1.165, 1.54) is 11.0 Å². The molecule has 0 spiro atoms. The summed E-state index contributed by atoms with van der Waals surface area (Å²) in [6.45, 7) is 4.84. The first-order chi connectivity index (χ1) is 14.8. The molecule has 3 rings (SSSR count). The molecule has 1 unspecified atom stereocenters. The van der Waals surface area contributed by atoms with Gasteiger partial charge in [-0.1, -0.05) is 26.0 Å². The molecular formula is C23H23F2N3O3. The number of hydrogen-bond donors (Lipinski definition) is 0.